The molecule has 1 rings (SSSR count). The van der Waals surface area contributed by atoms with Gasteiger partial charge in [0.1, 0.15) is 11.9 Å². The van der Waals surface area contributed by atoms with Gasteiger partial charge in [-0.1, -0.05) is 20.8 Å². The highest BCUT2D eigenvalue weighted by atomic mass is 16.5. The van der Waals surface area contributed by atoms with Gasteiger partial charge in [0.2, 0.25) is 0 Å². The number of carbonyl (C=O) groups is 2. The van der Waals surface area contributed by atoms with E-state index in [0.29, 0.717) is 13.0 Å². The first-order valence-electron chi connectivity index (χ1n) is 5.98. The molecule has 1 aliphatic heterocycles. The summed E-state index contributed by atoms with van der Waals surface area (Å²) in [6.45, 7) is 7.50. The number of hydrogen-bond donors (Lipinski definition) is 0. The number of carbonyl (C=O) groups excluding carboxylic acids is 2. The molecule has 1 saturated heterocycles. The number of hydrogen-bond acceptors (Lipinski definition) is 4. The lowest BCUT2D eigenvalue weighted by Gasteiger charge is -2.38. The summed E-state index contributed by atoms with van der Waals surface area (Å²) in [6, 6.07) is 0. The second-order valence-corrected chi connectivity index (χ2v) is 5.60. The van der Waals surface area contributed by atoms with Crippen LogP contribution in [0.1, 0.15) is 34.1 Å². The Morgan fingerprint density at radius 3 is 2.29 bits per heavy atom. The van der Waals surface area contributed by atoms with Gasteiger partial charge in [0, 0.05) is 12.5 Å². The van der Waals surface area contributed by atoms with Crippen LogP contribution in [0.3, 0.4) is 0 Å². The predicted octanol–water partition coefficient (Wildman–Crippen LogP) is 1.61. The van der Waals surface area contributed by atoms with E-state index in [-0.39, 0.29) is 17.7 Å². The monoisotopic (exact) mass is 242 g/mol. The van der Waals surface area contributed by atoms with Gasteiger partial charge >= 0.3 is 0 Å². The molecular formula is C13H22O4. The number of ether oxygens (including phenoxy) is 2. The summed E-state index contributed by atoms with van der Waals surface area (Å²) in [5, 5.41) is 0. The summed E-state index contributed by atoms with van der Waals surface area (Å²) in [5.74, 6) is -0.551. The van der Waals surface area contributed by atoms with Gasteiger partial charge in [-0.15, -0.1) is 0 Å². The molecule has 17 heavy (non-hydrogen) atoms. The van der Waals surface area contributed by atoms with E-state index in [1.807, 2.05) is 20.8 Å². The van der Waals surface area contributed by atoms with Gasteiger partial charge in [0.15, 0.2) is 5.78 Å². The molecule has 1 aliphatic rings. The number of Topliss-reactive ketones (excluding diaryl/α,β-unsaturated/α-hetero) is 2. The molecule has 0 spiro atoms. The molecule has 1 heterocycles. The topological polar surface area (TPSA) is 52.6 Å². The maximum Gasteiger partial charge on any atom is 0.159 e. The second kappa shape index (κ2) is 5.27. The molecule has 3 unspecified atom stereocenters. The quantitative estimate of drug-likeness (QED) is 0.754. The van der Waals surface area contributed by atoms with Gasteiger partial charge in [0.25, 0.3) is 0 Å². The van der Waals surface area contributed by atoms with Crippen molar-refractivity contribution < 1.29 is 19.1 Å². The summed E-state index contributed by atoms with van der Waals surface area (Å²) in [5.41, 5.74) is -0.490. The van der Waals surface area contributed by atoms with E-state index in [1.54, 1.807) is 7.11 Å². The fraction of sp³-hybridized carbons (Fsp3) is 0.846. The summed E-state index contributed by atoms with van der Waals surface area (Å²) in [4.78, 5) is 24.0. The molecule has 0 N–H and O–H groups in total. The van der Waals surface area contributed by atoms with Crippen molar-refractivity contribution >= 4 is 11.6 Å². The van der Waals surface area contributed by atoms with Crippen molar-refractivity contribution in [3.8, 4) is 0 Å². The second-order valence-electron chi connectivity index (χ2n) is 5.60. The zero-order chi connectivity index (χ0) is 13.2. The third kappa shape index (κ3) is 3.13. The average Bonchev–Trinajstić information content (AvgIpc) is 2.25. The van der Waals surface area contributed by atoms with E-state index in [2.05, 4.69) is 0 Å². The summed E-state index contributed by atoms with van der Waals surface area (Å²) in [7, 11) is 1.58. The fourth-order valence-corrected chi connectivity index (χ4v) is 2.23. The molecule has 0 aromatic carbocycles. The molecule has 0 saturated carbocycles. The van der Waals surface area contributed by atoms with Crippen molar-refractivity contribution in [2.45, 2.75) is 46.3 Å². The van der Waals surface area contributed by atoms with E-state index in [1.165, 1.54) is 6.92 Å². The van der Waals surface area contributed by atoms with Crippen LogP contribution in [0.5, 0.6) is 0 Å². The van der Waals surface area contributed by atoms with E-state index in [9.17, 15) is 9.59 Å². The molecule has 4 nitrogen and oxygen atoms in total. The Bertz CT molecular complexity index is 303. The lowest BCUT2D eigenvalue weighted by atomic mass is 9.75. The van der Waals surface area contributed by atoms with Crippen LogP contribution in [0.2, 0.25) is 0 Å². The molecule has 98 valence electrons. The van der Waals surface area contributed by atoms with Crippen molar-refractivity contribution in [1.29, 1.82) is 0 Å². The summed E-state index contributed by atoms with van der Waals surface area (Å²) >= 11 is 0. The van der Waals surface area contributed by atoms with Crippen molar-refractivity contribution in [1.82, 2.24) is 0 Å². The molecule has 0 amide bonds. The Hall–Kier alpha value is -0.740. The molecular weight excluding hydrogens is 220 g/mol. The van der Waals surface area contributed by atoms with Crippen LogP contribution in [-0.4, -0.2) is 37.5 Å². The Kier molecular flexibility index (Phi) is 4.44. The maximum atomic E-state index is 12.4. The van der Waals surface area contributed by atoms with Crippen LogP contribution in [-0.2, 0) is 19.1 Å². The molecule has 0 radical (unpaired) electrons. The SMILES string of the molecule is COC1CCOC(C(C)=O)C1C(=O)C(C)(C)C. The largest absolute Gasteiger partial charge is 0.380 e. The van der Waals surface area contributed by atoms with Gasteiger partial charge in [-0.3, -0.25) is 9.59 Å². The standard InChI is InChI=1S/C13H22O4/c1-8(14)11-10(12(15)13(2,3)4)9(16-5)6-7-17-11/h9-11H,6-7H2,1-5H3. The highest BCUT2D eigenvalue weighted by Gasteiger charge is 2.45. The Labute approximate surface area is 103 Å². The number of rotatable bonds is 3. The minimum atomic E-state index is -0.652. The van der Waals surface area contributed by atoms with E-state index in [4.69, 9.17) is 9.47 Å². The van der Waals surface area contributed by atoms with E-state index >= 15 is 0 Å². The number of methoxy groups -OCH3 is 1. The molecule has 0 aromatic heterocycles. The van der Waals surface area contributed by atoms with Gasteiger partial charge in [-0.05, 0) is 13.3 Å². The zero-order valence-electron chi connectivity index (χ0n) is 11.3. The van der Waals surface area contributed by atoms with Gasteiger partial charge < -0.3 is 9.47 Å². The van der Waals surface area contributed by atoms with Crippen molar-refractivity contribution in [2.24, 2.45) is 11.3 Å². The molecule has 3 atom stereocenters. The van der Waals surface area contributed by atoms with Gasteiger partial charge in [-0.2, -0.15) is 0 Å². The minimum Gasteiger partial charge on any atom is -0.380 e. The van der Waals surface area contributed by atoms with Crippen LogP contribution in [0, 0.1) is 11.3 Å². The first-order valence-corrected chi connectivity index (χ1v) is 5.98. The Morgan fingerprint density at radius 2 is 1.88 bits per heavy atom. The van der Waals surface area contributed by atoms with Crippen LogP contribution in [0.25, 0.3) is 0 Å². The lowest BCUT2D eigenvalue weighted by Crippen LogP contribution is -2.51. The van der Waals surface area contributed by atoms with Crippen molar-refractivity contribution in [2.75, 3.05) is 13.7 Å². The first-order chi connectivity index (χ1) is 7.79. The smallest absolute Gasteiger partial charge is 0.159 e. The Balaban J connectivity index is 3.00. The number of ketones is 2. The van der Waals surface area contributed by atoms with E-state index in [0.717, 1.165) is 0 Å². The predicted molar refractivity (Wildman–Crippen MR) is 63.8 cm³/mol. The molecule has 0 aromatic rings. The summed E-state index contributed by atoms with van der Waals surface area (Å²) < 4.78 is 10.8. The summed E-state index contributed by atoms with van der Waals surface area (Å²) in [6.07, 6.45) is -0.211. The van der Waals surface area contributed by atoms with Crippen molar-refractivity contribution in [3.63, 3.8) is 0 Å². The highest BCUT2D eigenvalue weighted by Crippen LogP contribution is 2.31. The minimum absolute atomic E-state index is 0.0317. The van der Waals surface area contributed by atoms with Crippen molar-refractivity contribution in [3.05, 3.63) is 0 Å². The van der Waals surface area contributed by atoms with E-state index < -0.39 is 17.4 Å². The third-order valence-electron chi connectivity index (χ3n) is 3.17. The normalized spacial score (nSPS) is 30.1. The molecule has 1 fully saturated rings. The van der Waals surface area contributed by atoms with Crippen LogP contribution in [0.15, 0.2) is 0 Å². The average molecular weight is 242 g/mol. The van der Waals surface area contributed by atoms with Gasteiger partial charge in [-0.25, -0.2) is 0 Å². The first kappa shape index (κ1) is 14.3. The van der Waals surface area contributed by atoms with Crippen LogP contribution >= 0.6 is 0 Å². The van der Waals surface area contributed by atoms with Crippen LogP contribution in [0.4, 0.5) is 0 Å². The van der Waals surface area contributed by atoms with Gasteiger partial charge in [0.05, 0.1) is 18.6 Å². The maximum absolute atomic E-state index is 12.4. The fourth-order valence-electron chi connectivity index (χ4n) is 2.23. The molecule has 0 aliphatic carbocycles. The van der Waals surface area contributed by atoms with Crippen LogP contribution < -0.4 is 0 Å². The molecule has 4 heteroatoms. The highest BCUT2D eigenvalue weighted by molar-refractivity contribution is 5.93. The molecule has 0 bridgehead atoms. The third-order valence-corrected chi connectivity index (χ3v) is 3.17. The zero-order valence-corrected chi connectivity index (χ0v) is 11.3. The Morgan fingerprint density at radius 1 is 1.29 bits per heavy atom. The lowest BCUT2D eigenvalue weighted by molar-refractivity contribution is -0.163.